The highest BCUT2D eigenvalue weighted by molar-refractivity contribution is 7.18. The van der Waals surface area contributed by atoms with E-state index in [9.17, 15) is 4.79 Å². The molecular formula is C12H19N5OS. The fraction of sp³-hybridized carbons (Fsp3) is 0.667. The smallest absolute Gasteiger partial charge is 0.265 e. The van der Waals surface area contributed by atoms with Gasteiger partial charge >= 0.3 is 0 Å². The van der Waals surface area contributed by atoms with E-state index < -0.39 is 0 Å². The maximum absolute atomic E-state index is 12.1. The molecule has 1 aromatic rings. The second kappa shape index (κ2) is 5.34. The number of nitrogens with zero attached hydrogens (tertiary/aromatic N) is 2. The lowest BCUT2D eigenvalue weighted by molar-refractivity contribution is 0.0922. The van der Waals surface area contributed by atoms with Gasteiger partial charge in [-0.15, -0.1) is 0 Å². The Labute approximate surface area is 116 Å². The first-order valence-corrected chi connectivity index (χ1v) is 7.58. The van der Waals surface area contributed by atoms with E-state index in [-0.39, 0.29) is 5.91 Å². The molecule has 1 saturated carbocycles. The molecule has 4 N–H and O–H groups in total. The molecular weight excluding hydrogens is 262 g/mol. The van der Waals surface area contributed by atoms with Crippen molar-refractivity contribution in [3.05, 3.63) is 4.88 Å². The molecule has 1 saturated heterocycles. The topological polar surface area (TPSA) is 83.3 Å². The number of thiazole rings is 1. The van der Waals surface area contributed by atoms with Crippen LogP contribution < -0.4 is 21.3 Å². The number of aromatic nitrogens is 1. The minimum Gasteiger partial charge on any atom is -0.382 e. The van der Waals surface area contributed by atoms with Crippen molar-refractivity contribution < 1.29 is 4.79 Å². The Kier molecular flexibility index (Phi) is 3.56. The number of piperazine rings is 1. The van der Waals surface area contributed by atoms with Crippen molar-refractivity contribution >= 4 is 28.2 Å². The predicted molar refractivity (Wildman–Crippen MR) is 76.7 cm³/mol. The number of nitrogen functional groups attached to an aromatic ring is 1. The van der Waals surface area contributed by atoms with Gasteiger partial charge in [0, 0.05) is 32.2 Å². The van der Waals surface area contributed by atoms with E-state index in [0.29, 0.717) is 16.7 Å². The van der Waals surface area contributed by atoms with Crippen LogP contribution in [0.5, 0.6) is 0 Å². The summed E-state index contributed by atoms with van der Waals surface area (Å²) in [5.41, 5.74) is 5.88. The maximum atomic E-state index is 12.1. The summed E-state index contributed by atoms with van der Waals surface area (Å²) in [6.45, 7) is 3.72. The highest BCUT2D eigenvalue weighted by atomic mass is 32.1. The van der Waals surface area contributed by atoms with Crippen molar-refractivity contribution in [3.63, 3.8) is 0 Å². The van der Waals surface area contributed by atoms with Gasteiger partial charge in [0.15, 0.2) is 5.13 Å². The van der Waals surface area contributed by atoms with Crippen LogP contribution in [0.25, 0.3) is 0 Å². The number of nitrogens with one attached hydrogen (secondary N) is 2. The molecule has 1 aliphatic carbocycles. The summed E-state index contributed by atoms with van der Waals surface area (Å²) >= 11 is 1.40. The van der Waals surface area contributed by atoms with Gasteiger partial charge in [0.1, 0.15) is 10.7 Å². The largest absolute Gasteiger partial charge is 0.382 e. The molecule has 1 aliphatic heterocycles. The zero-order valence-electron chi connectivity index (χ0n) is 10.8. The SMILES string of the molecule is Nc1nc(N2CCNCC2)sc1C(=O)NC1CCC1. The summed E-state index contributed by atoms with van der Waals surface area (Å²) < 4.78 is 0. The number of anilines is 2. The highest BCUT2D eigenvalue weighted by Gasteiger charge is 2.24. The van der Waals surface area contributed by atoms with Crippen LogP contribution in [0.2, 0.25) is 0 Å². The lowest BCUT2D eigenvalue weighted by Gasteiger charge is -2.26. The summed E-state index contributed by atoms with van der Waals surface area (Å²) in [6, 6.07) is 0.330. The molecule has 3 rings (SSSR count). The van der Waals surface area contributed by atoms with Gasteiger partial charge in [-0.3, -0.25) is 4.79 Å². The van der Waals surface area contributed by atoms with E-state index in [1.807, 2.05) is 0 Å². The molecule has 104 valence electrons. The van der Waals surface area contributed by atoms with Crippen LogP contribution in [0.15, 0.2) is 0 Å². The van der Waals surface area contributed by atoms with Crippen molar-refractivity contribution in [2.75, 3.05) is 36.8 Å². The van der Waals surface area contributed by atoms with Crippen LogP contribution >= 0.6 is 11.3 Å². The average Bonchev–Trinajstić information content (AvgIpc) is 2.77. The van der Waals surface area contributed by atoms with Crippen LogP contribution in [0.3, 0.4) is 0 Å². The molecule has 0 spiro atoms. The molecule has 2 heterocycles. The van der Waals surface area contributed by atoms with E-state index in [0.717, 1.165) is 44.2 Å². The first kappa shape index (κ1) is 12.7. The second-order valence-electron chi connectivity index (χ2n) is 5.05. The average molecular weight is 281 g/mol. The zero-order chi connectivity index (χ0) is 13.2. The van der Waals surface area contributed by atoms with E-state index in [1.165, 1.54) is 17.8 Å². The zero-order valence-corrected chi connectivity index (χ0v) is 11.6. The molecule has 0 aromatic carbocycles. The highest BCUT2D eigenvalue weighted by Crippen LogP contribution is 2.29. The molecule has 0 atom stereocenters. The van der Waals surface area contributed by atoms with Crippen molar-refractivity contribution in [2.24, 2.45) is 0 Å². The van der Waals surface area contributed by atoms with Gasteiger partial charge in [0.05, 0.1) is 0 Å². The number of rotatable bonds is 3. The summed E-state index contributed by atoms with van der Waals surface area (Å²) in [4.78, 5) is 19.2. The van der Waals surface area contributed by atoms with E-state index in [1.54, 1.807) is 0 Å². The Morgan fingerprint density at radius 3 is 2.79 bits per heavy atom. The number of nitrogens with two attached hydrogens (primary N) is 1. The Morgan fingerprint density at radius 1 is 1.42 bits per heavy atom. The molecule has 2 fully saturated rings. The molecule has 1 amide bonds. The van der Waals surface area contributed by atoms with Crippen LogP contribution in [0.1, 0.15) is 28.9 Å². The maximum Gasteiger partial charge on any atom is 0.265 e. The molecule has 6 nitrogen and oxygen atoms in total. The fourth-order valence-corrected chi connectivity index (χ4v) is 3.22. The van der Waals surface area contributed by atoms with E-state index in [4.69, 9.17) is 5.73 Å². The standard InChI is InChI=1S/C12H19N5OS/c13-10-9(11(18)15-8-2-1-3-8)19-12(16-10)17-6-4-14-5-7-17/h8,14H,1-7,13H2,(H,15,18). The molecule has 2 aliphatic rings. The molecule has 0 bridgehead atoms. The molecule has 1 aromatic heterocycles. The van der Waals surface area contributed by atoms with Gasteiger partial charge in [0.25, 0.3) is 5.91 Å². The lowest BCUT2D eigenvalue weighted by Crippen LogP contribution is -2.43. The number of hydrogen-bond acceptors (Lipinski definition) is 6. The first-order valence-electron chi connectivity index (χ1n) is 6.77. The van der Waals surface area contributed by atoms with Crippen molar-refractivity contribution in [2.45, 2.75) is 25.3 Å². The third-order valence-electron chi connectivity index (χ3n) is 3.68. The van der Waals surface area contributed by atoms with Crippen LogP contribution in [0.4, 0.5) is 10.9 Å². The van der Waals surface area contributed by atoms with Gasteiger partial charge in [0.2, 0.25) is 0 Å². The molecule has 19 heavy (non-hydrogen) atoms. The Morgan fingerprint density at radius 2 is 2.16 bits per heavy atom. The fourth-order valence-electron chi connectivity index (χ4n) is 2.28. The van der Waals surface area contributed by atoms with Crippen molar-refractivity contribution in [1.29, 1.82) is 0 Å². The third-order valence-corrected chi connectivity index (χ3v) is 4.81. The molecule has 7 heteroatoms. The van der Waals surface area contributed by atoms with Crippen LogP contribution in [-0.2, 0) is 0 Å². The lowest BCUT2D eigenvalue weighted by atomic mass is 9.93. The number of hydrogen-bond donors (Lipinski definition) is 3. The third kappa shape index (κ3) is 2.66. The van der Waals surface area contributed by atoms with Crippen molar-refractivity contribution in [3.8, 4) is 0 Å². The Bertz CT molecular complexity index is 465. The summed E-state index contributed by atoms with van der Waals surface area (Å²) in [6.07, 6.45) is 3.36. The van der Waals surface area contributed by atoms with Gasteiger partial charge in [-0.05, 0) is 19.3 Å². The van der Waals surface area contributed by atoms with Crippen LogP contribution in [-0.4, -0.2) is 43.1 Å². The molecule has 0 unspecified atom stereocenters. The van der Waals surface area contributed by atoms with Gasteiger partial charge in [-0.25, -0.2) is 4.98 Å². The predicted octanol–water partition coefficient (Wildman–Crippen LogP) is 0.417. The minimum atomic E-state index is -0.0684. The van der Waals surface area contributed by atoms with E-state index >= 15 is 0 Å². The summed E-state index contributed by atoms with van der Waals surface area (Å²) in [7, 11) is 0. The number of carbonyl (C=O) groups is 1. The summed E-state index contributed by atoms with van der Waals surface area (Å²) in [5, 5.41) is 7.16. The summed E-state index contributed by atoms with van der Waals surface area (Å²) in [5.74, 6) is 0.288. The number of carbonyl (C=O) groups excluding carboxylic acids is 1. The van der Waals surface area contributed by atoms with Gasteiger partial charge in [-0.2, -0.15) is 0 Å². The normalized spacial score (nSPS) is 20.1. The van der Waals surface area contributed by atoms with E-state index in [2.05, 4.69) is 20.5 Å². The van der Waals surface area contributed by atoms with Crippen molar-refractivity contribution in [1.82, 2.24) is 15.6 Å². The van der Waals surface area contributed by atoms with Gasteiger partial charge in [-0.1, -0.05) is 11.3 Å². The first-order chi connectivity index (χ1) is 9.24. The van der Waals surface area contributed by atoms with Gasteiger partial charge < -0.3 is 21.3 Å². The minimum absolute atomic E-state index is 0.0684. The second-order valence-corrected chi connectivity index (χ2v) is 6.03. The number of amides is 1. The Hall–Kier alpha value is -1.34. The molecule has 0 radical (unpaired) electrons. The monoisotopic (exact) mass is 281 g/mol. The Balaban J connectivity index is 1.70. The quantitative estimate of drug-likeness (QED) is 0.748. The van der Waals surface area contributed by atoms with Crippen LogP contribution in [0, 0.1) is 0 Å².